The second-order valence-corrected chi connectivity index (χ2v) is 5.92. The second-order valence-electron chi connectivity index (χ2n) is 4.98. The van der Waals surface area contributed by atoms with Gasteiger partial charge in [0.1, 0.15) is 12.4 Å². The van der Waals surface area contributed by atoms with Crippen LogP contribution in [-0.2, 0) is 22.7 Å². The van der Waals surface area contributed by atoms with Crippen LogP contribution in [-0.4, -0.2) is 33.5 Å². The molecule has 0 fully saturated rings. The molecular weight excluding hydrogens is 331 g/mol. The van der Waals surface area contributed by atoms with Gasteiger partial charge in [0, 0.05) is 24.9 Å². The van der Waals surface area contributed by atoms with E-state index in [9.17, 15) is 9.18 Å². The molecule has 1 amide bonds. The summed E-state index contributed by atoms with van der Waals surface area (Å²) in [6, 6.07) is 4.58. The summed E-state index contributed by atoms with van der Waals surface area (Å²) in [7, 11) is 1.58. The topological polar surface area (TPSA) is 69.0 Å². The molecule has 0 spiro atoms. The fourth-order valence-electron chi connectivity index (χ4n) is 2.03. The Labute approximate surface area is 144 Å². The number of aromatic nitrogens is 3. The van der Waals surface area contributed by atoms with E-state index in [-0.39, 0.29) is 17.5 Å². The minimum absolute atomic E-state index is 0.137. The molecule has 0 bridgehead atoms. The number of hydrogen-bond acceptors (Lipinski definition) is 5. The molecule has 0 unspecified atom stereocenters. The molecule has 0 atom stereocenters. The number of carbonyl (C=O) groups excluding carboxylic acids is 1. The Balaban J connectivity index is 2.01. The largest absolute Gasteiger partial charge is 0.377 e. The highest BCUT2D eigenvalue weighted by molar-refractivity contribution is 7.99. The van der Waals surface area contributed by atoms with Gasteiger partial charge in [0.25, 0.3) is 0 Å². The fourth-order valence-corrected chi connectivity index (χ4v) is 2.80. The van der Waals surface area contributed by atoms with Crippen LogP contribution in [0, 0.1) is 12.7 Å². The number of ether oxygens (including phenoxy) is 1. The van der Waals surface area contributed by atoms with E-state index in [2.05, 4.69) is 22.1 Å². The maximum Gasteiger partial charge on any atom is 0.234 e. The molecular formula is C16H19FN4O2S. The molecule has 0 aliphatic rings. The molecule has 0 radical (unpaired) electrons. The first-order chi connectivity index (χ1) is 11.6. The van der Waals surface area contributed by atoms with Crippen molar-refractivity contribution in [2.24, 2.45) is 0 Å². The molecule has 1 aromatic heterocycles. The number of anilines is 1. The van der Waals surface area contributed by atoms with Crippen molar-refractivity contribution in [1.82, 2.24) is 14.8 Å². The van der Waals surface area contributed by atoms with Crippen molar-refractivity contribution < 1.29 is 13.9 Å². The summed E-state index contributed by atoms with van der Waals surface area (Å²) in [4.78, 5) is 12.1. The van der Waals surface area contributed by atoms with Crippen LogP contribution in [0.3, 0.4) is 0 Å². The number of thioether (sulfide) groups is 1. The molecule has 6 nitrogen and oxygen atoms in total. The monoisotopic (exact) mass is 350 g/mol. The minimum Gasteiger partial charge on any atom is -0.377 e. The predicted octanol–water partition coefficient (Wildman–Crippen LogP) is 2.79. The van der Waals surface area contributed by atoms with Crippen LogP contribution in [0.25, 0.3) is 0 Å². The molecule has 128 valence electrons. The third-order valence-electron chi connectivity index (χ3n) is 3.25. The van der Waals surface area contributed by atoms with E-state index in [4.69, 9.17) is 4.74 Å². The first kappa shape index (κ1) is 18.2. The smallest absolute Gasteiger partial charge is 0.234 e. The van der Waals surface area contributed by atoms with E-state index in [1.807, 2.05) is 4.57 Å². The zero-order chi connectivity index (χ0) is 17.5. The van der Waals surface area contributed by atoms with Gasteiger partial charge in [0.2, 0.25) is 5.91 Å². The van der Waals surface area contributed by atoms with Gasteiger partial charge in [-0.05, 0) is 19.1 Å². The van der Waals surface area contributed by atoms with Crippen LogP contribution in [0.2, 0.25) is 0 Å². The van der Waals surface area contributed by atoms with Gasteiger partial charge in [-0.25, -0.2) is 4.39 Å². The van der Waals surface area contributed by atoms with Crippen LogP contribution in [0.15, 0.2) is 36.0 Å². The summed E-state index contributed by atoms with van der Waals surface area (Å²) in [6.07, 6.45) is 1.72. The molecule has 24 heavy (non-hydrogen) atoms. The Morgan fingerprint density at radius 3 is 3.00 bits per heavy atom. The normalized spacial score (nSPS) is 10.6. The number of nitrogens with zero attached hydrogens (tertiary/aromatic N) is 3. The van der Waals surface area contributed by atoms with Crippen LogP contribution >= 0.6 is 11.8 Å². The average molecular weight is 350 g/mol. The van der Waals surface area contributed by atoms with E-state index >= 15 is 0 Å². The number of amides is 1. The molecule has 0 aliphatic carbocycles. The zero-order valence-electron chi connectivity index (χ0n) is 13.6. The lowest BCUT2D eigenvalue weighted by Crippen LogP contribution is -2.16. The summed E-state index contributed by atoms with van der Waals surface area (Å²) >= 11 is 1.25. The molecule has 8 heteroatoms. The molecule has 2 aromatic rings. The highest BCUT2D eigenvalue weighted by atomic mass is 32.2. The number of allylic oxidation sites excluding steroid dienone is 1. The first-order valence-corrected chi connectivity index (χ1v) is 8.25. The minimum atomic E-state index is -0.351. The lowest BCUT2D eigenvalue weighted by atomic mass is 10.2. The quantitative estimate of drug-likeness (QED) is 0.586. The Kier molecular flexibility index (Phi) is 6.51. The second kappa shape index (κ2) is 8.60. The van der Waals surface area contributed by atoms with E-state index in [0.29, 0.717) is 35.4 Å². The molecule has 2 rings (SSSR count). The Morgan fingerprint density at radius 1 is 1.50 bits per heavy atom. The van der Waals surface area contributed by atoms with Gasteiger partial charge >= 0.3 is 0 Å². The Morgan fingerprint density at radius 2 is 2.29 bits per heavy atom. The number of benzene rings is 1. The Hall–Kier alpha value is -2.19. The Bertz CT molecular complexity index is 733. The van der Waals surface area contributed by atoms with Gasteiger partial charge in [-0.3, -0.25) is 4.79 Å². The highest BCUT2D eigenvalue weighted by Crippen LogP contribution is 2.20. The SMILES string of the molecule is C=CCn1c(COC)nnc1SCC(=O)Nc1cccc(F)c1C. The summed E-state index contributed by atoms with van der Waals surface area (Å²) < 4.78 is 20.4. The summed E-state index contributed by atoms with van der Waals surface area (Å²) in [5, 5.41) is 11.4. The average Bonchev–Trinajstić information content (AvgIpc) is 2.93. The van der Waals surface area contributed by atoms with Crippen LogP contribution in [0.1, 0.15) is 11.4 Å². The molecule has 0 aliphatic heterocycles. The van der Waals surface area contributed by atoms with Gasteiger partial charge in [-0.15, -0.1) is 16.8 Å². The summed E-state index contributed by atoms with van der Waals surface area (Å²) in [5.74, 6) is 0.213. The predicted molar refractivity (Wildman–Crippen MR) is 91.4 cm³/mol. The highest BCUT2D eigenvalue weighted by Gasteiger charge is 2.14. The van der Waals surface area contributed by atoms with Gasteiger partial charge < -0.3 is 14.6 Å². The van der Waals surface area contributed by atoms with E-state index in [1.165, 1.54) is 17.8 Å². The number of methoxy groups -OCH3 is 1. The maximum absolute atomic E-state index is 13.5. The first-order valence-electron chi connectivity index (χ1n) is 7.26. The van der Waals surface area contributed by atoms with Crippen LogP contribution in [0.4, 0.5) is 10.1 Å². The number of hydrogen-bond donors (Lipinski definition) is 1. The lowest BCUT2D eigenvalue weighted by molar-refractivity contribution is -0.113. The standard InChI is InChI=1S/C16H19FN4O2S/c1-4-8-21-14(9-23-3)19-20-16(21)24-10-15(22)18-13-7-5-6-12(17)11(13)2/h4-7H,1,8-10H2,2-3H3,(H,18,22). The molecule has 0 saturated heterocycles. The van der Waals surface area contributed by atoms with Gasteiger partial charge in [-0.1, -0.05) is 23.9 Å². The van der Waals surface area contributed by atoms with Crippen LogP contribution in [0.5, 0.6) is 0 Å². The maximum atomic E-state index is 13.5. The van der Waals surface area contributed by atoms with Crippen molar-refractivity contribution in [2.75, 3.05) is 18.2 Å². The van der Waals surface area contributed by atoms with E-state index in [0.717, 1.165) is 0 Å². The number of carbonyl (C=O) groups is 1. The third-order valence-corrected chi connectivity index (χ3v) is 4.22. The number of nitrogens with one attached hydrogen (secondary N) is 1. The van der Waals surface area contributed by atoms with Crippen LogP contribution < -0.4 is 5.32 Å². The van der Waals surface area contributed by atoms with E-state index in [1.54, 1.807) is 32.2 Å². The molecule has 0 saturated carbocycles. The van der Waals surface area contributed by atoms with Gasteiger partial charge in [0.15, 0.2) is 11.0 Å². The third kappa shape index (κ3) is 4.42. The van der Waals surface area contributed by atoms with Crippen molar-refractivity contribution in [2.45, 2.75) is 25.2 Å². The van der Waals surface area contributed by atoms with Crippen molar-refractivity contribution in [3.63, 3.8) is 0 Å². The summed E-state index contributed by atoms with van der Waals surface area (Å²) in [6.45, 7) is 6.18. The zero-order valence-corrected chi connectivity index (χ0v) is 14.4. The van der Waals surface area contributed by atoms with Crippen molar-refractivity contribution in [3.8, 4) is 0 Å². The number of halogens is 1. The molecule has 1 heterocycles. The van der Waals surface area contributed by atoms with Gasteiger partial charge in [0.05, 0.1) is 5.75 Å². The van der Waals surface area contributed by atoms with Gasteiger partial charge in [-0.2, -0.15) is 0 Å². The molecule has 1 N–H and O–H groups in total. The fraction of sp³-hybridized carbons (Fsp3) is 0.312. The van der Waals surface area contributed by atoms with E-state index < -0.39 is 0 Å². The lowest BCUT2D eigenvalue weighted by Gasteiger charge is -2.09. The van der Waals surface area contributed by atoms with Crippen molar-refractivity contribution in [1.29, 1.82) is 0 Å². The number of rotatable bonds is 8. The summed E-state index contributed by atoms with van der Waals surface area (Å²) in [5.41, 5.74) is 0.876. The van der Waals surface area contributed by atoms with Crippen molar-refractivity contribution >= 4 is 23.4 Å². The van der Waals surface area contributed by atoms with Crippen molar-refractivity contribution in [3.05, 3.63) is 48.1 Å². The molecule has 1 aromatic carbocycles.